The SMILES string of the molecule is CCC(C1CCNCC1)n1nc(C2=C(c3c[nH]c4sccc34)C(=O)NC2=O)c2ccccc21. The molecule has 168 valence electrons. The fourth-order valence-electron chi connectivity index (χ4n) is 5.46. The second kappa shape index (κ2) is 7.97. The zero-order chi connectivity index (χ0) is 22.5. The molecule has 0 radical (unpaired) electrons. The molecule has 8 heteroatoms. The van der Waals surface area contributed by atoms with Crippen molar-refractivity contribution < 1.29 is 9.59 Å². The smallest absolute Gasteiger partial charge is 0.261 e. The first-order valence-electron chi connectivity index (χ1n) is 11.5. The molecule has 3 aromatic heterocycles. The molecule has 4 aromatic rings. The van der Waals surface area contributed by atoms with Crippen LogP contribution in [0, 0.1) is 5.92 Å². The minimum Gasteiger partial charge on any atom is -0.352 e. The minimum absolute atomic E-state index is 0.241. The van der Waals surface area contributed by atoms with E-state index in [0.717, 1.165) is 59.0 Å². The van der Waals surface area contributed by atoms with E-state index in [4.69, 9.17) is 5.10 Å². The van der Waals surface area contributed by atoms with Gasteiger partial charge in [-0.3, -0.25) is 19.6 Å². The monoisotopic (exact) mass is 459 g/mol. The summed E-state index contributed by atoms with van der Waals surface area (Å²) in [4.78, 5) is 30.3. The summed E-state index contributed by atoms with van der Waals surface area (Å²) < 4.78 is 2.11. The molecule has 6 rings (SSSR count). The summed E-state index contributed by atoms with van der Waals surface area (Å²) in [5.41, 5.74) is 3.10. The molecule has 1 aromatic carbocycles. The average Bonchev–Trinajstić information content (AvgIpc) is 3.58. The van der Waals surface area contributed by atoms with Crippen LogP contribution in [0.25, 0.3) is 32.3 Å². The van der Waals surface area contributed by atoms with Gasteiger partial charge in [0.1, 0.15) is 10.5 Å². The van der Waals surface area contributed by atoms with Crippen molar-refractivity contribution in [2.24, 2.45) is 5.92 Å². The van der Waals surface area contributed by atoms with Gasteiger partial charge in [0.25, 0.3) is 11.8 Å². The topological polar surface area (TPSA) is 91.8 Å². The van der Waals surface area contributed by atoms with E-state index >= 15 is 0 Å². The number of hydrogen-bond acceptors (Lipinski definition) is 5. The second-order valence-electron chi connectivity index (χ2n) is 8.77. The van der Waals surface area contributed by atoms with Crippen LogP contribution in [0.3, 0.4) is 0 Å². The van der Waals surface area contributed by atoms with Gasteiger partial charge >= 0.3 is 0 Å². The highest BCUT2D eigenvalue weighted by atomic mass is 32.1. The molecule has 0 saturated carbocycles. The average molecular weight is 460 g/mol. The van der Waals surface area contributed by atoms with E-state index in [2.05, 4.69) is 33.3 Å². The van der Waals surface area contributed by atoms with E-state index in [1.165, 1.54) is 0 Å². The molecule has 1 unspecified atom stereocenters. The molecule has 0 bridgehead atoms. The maximum absolute atomic E-state index is 13.1. The lowest BCUT2D eigenvalue weighted by atomic mass is 9.88. The standard InChI is InChI=1S/C25H25N5O2S/c1-2-18(14-7-10-26-11-8-14)30-19-6-4-3-5-16(19)22(29-30)21-20(23(31)28-24(21)32)17-13-27-25-15(17)9-12-33-25/h3-6,9,12-14,18,26-27H,2,7-8,10-11H2,1H3,(H,28,31,32). The van der Waals surface area contributed by atoms with Gasteiger partial charge in [0.2, 0.25) is 0 Å². The van der Waals surface area contributed by atoms with Crippen molar-refractivity contribution in [3.8, 4) is 0 Å². The summed E-state index contributed by atoms with van der Waals surface area (Å²) >= 11 is 1.58. The van der Waals surface area contributed by atoms with Gasteiger partial charge in [-0.05, 0) is 55.8 Å². The van der Waals surface area contributed by atoms with Gasteiger partial charge in [-0.15, -0.1) is 11.3 Å². The Morgan fingerprint density at radius 2 is 1.88 bits per heavy atom. The number of carbonyl (C=O) groups is 2. The number of thiophene rings is 1. The van der Waals surface area contributed by atoms with E-state index < -0.39 is 0 Å². The first-order valence-corrected chi connectivity index (χ1v) is 12.4. The largest absolute Gasteiger partial charge is 0.352 e. The number of piperidine rings is 1. The van der Waals surface area contributed by atoms with E-state index in [9.17, 15) is 9.59 Å². The molecule has 5 heterocycles. The molecule has 2 amide bonds. The summed E-state index contributed by atoms with van der Waals surface area (Å²) in [6, 6.07) is 10.3. The first-order chi connectivity index (χ1) is 16.2. The molecule has 3 N–H and O–H groups in total. The number of amides is 2. The number of nitrogens with zero attached hydrogens (tertiary/aromatic N) is 2. The Balaban J connectivity index is 1.58. The van der Waals surface area contributed by atoms with Crippen molar-refractivity contribution in [3.63, 3.8) is 0 Å². The van der Waals surface area contributed by atoms with Crippen molar-refractivity contribution in [2.45, 2.75) is 32.2 Å². The Morgan fingerprint density at radius 3 is 2.70 bits per heavy atom. The summed E-state index contributed by atoms with van der Waals surface area (Å²) in [7, 11) is 0. The van der Waals surface area contributed by atoms with Gasteiger partial charge < -0.3 is 10.3 Å². The number of carbonyl (C=O) groups excluding carboxylic acids is 2. The van der Waals surface area contributed by atoms with Gasteiger partial charge in [0, 0.05) is 22.5 Å². The van der Waals surface area contributed by atoms with Crippen LogP contribution in [-0.4, -0.2) is 39.7 Å². The number of aromatic nitrogens is 3. The number of H-pyrrole nitrogens is 1. The van der Waals surface area contributed by atoms with Crippen LogP contribution in [0.15, 0.2) is 41.9 Å². The molecule has 2 aliphatic heterocycles. The van der Waals surface area contributed by atoms with Gasteiger partial charge in [0.15, 0.2) is 0 Å². The van der Waals surface area contributed by atoms with Crippen LogP contribution in [-0.2, 0) is 9.59 Å². The number of nitrogens with one attached hydrogen (secondary N) is 3. The first kappa shape index (κ1) is 20.4. The van der Waals surface area contributed by atoms with E-state index in [1.807, 2.05) is 35.8 Å². The number of rotatable bonds is 5. The molecule has 1 saturated heterocycles. The van der Waals surface area contributed by atoms with Crippen LogP contribution in [0.1, 0.15) is 43.5 Å². The number of fused-ring (bicyclic) bond motifs is 2. The molecular formula is C25H25N5O2S. The zero-order valence-electron chi connectivity index (χ0n) is 18.4. The predicted octanol–water partition coefficient (Wildman–Crippen LogP) is 4.10. The summed E-state index contributed by atoms with van der Waals surface area (Å²) in [5, 5.41) is 14.8. The summed E-state index contributed by atoms with van der Waals surface area (Å²) in [5.74, 6) is -0.231. The maximum atomic E-state index is 13.1. The number of benzene rings is 1. The molecule has 0 aliphatic carbocycles. The Labute approximate surface area is 194 Å². The number of hydrogen-bond donors (Lipinski definition) is 3. The maximum Gasteiger partial charge on any atom is 0.261 e. The van der Waals surface area contributed by atoms with Gasteiger partial charge in [-0.25, -0.2) is 0 Å². The third-order valence-electron chi connectivity index (χ3n) is 7.01. The Morgan fingerprint density at radius 1 is 1.09 bits per heavy atom. The van der Waals surface area contributed by atoms with Crippen molar-refractivity contribution in [2.75, 3.05) is 13.1 Å². The number of para-hydroxylation sites is 1. The lowest BCUT2D eigenvalue weighted by molar-refractivity contribution is -0.122. The molecule has 33 heavy (non-hydrogen) atoms. The highest BCUT2D eigenvalue weighted by Gasteiger charge is 2.37. The highest BCUT2D eigenvalue weighted by Crippen LogP contribution is 2.40. The van der Waals surface area contributed by atoms with Crippen LogP contribution >= 0.6 is 11.3 Å². The fourth-order valence-corrected chi connectivity index (χ4v) is 6.23. The van der Waals surface area contributed by atoms with E-state index in [0.29, 0.717) is 22.8 Å². The number of imide groups is 1. The van der Waals surface area contributed by atoms with Crippen molar-refractivity contribution in [3.05, 3.63) is 53.2 Å². The van der Waals surface area contributed by atoms with Crippen LogP contribution < -0.4 is 10.6 Å². The highest BCUT2D eigenvalue weighted by molar-refractivity contribution is 7.16. The van der Waals surface area contributed by atoms with Crippen molar-refractivity contribution >= 4 is 55.4 Å². The van der Waals surface area contributed by atoms with E-state index in [-0.39, 0.29) is 17.9 Å². The summed E-state index contributed by atoms with van der Waals surface area (Å²) in [6.45, 7) is 4.24. The van der Waals surface area contributed by atoms with Gasteiger partial charge in [-0.2, -0.15) is 5.10 Å². The molecular weight excluding hydrogens is 434 g/mol. The second-order valence-corrected chi connectivity index (χ2v) is 9.69. The predicted molar refractivity (Wildman–Crippen MR) is 131 cm³/mol. The third-order valence-corrected chi connectivity index (χ3v) is 7.86. The molecule has 7 nitrogen and oxygen atoms in total. The molecule has 1 atom stereocenters. The van der Waals surface area contributed by atoms with Crippen molar-refractivity contribution in [1.29, 1.82) is 0 Å². The Bertz CT molecular complexity index is 1420. The summed E-state index contributed by atoms with van der Waals surface area (Å²) in [6.07, 6.45) is 4.99. The molecule has 0 spiro atoms. The third kappa shape index (κ3) is 3.16. The molecule has 1 fully saturated rings. The van der Waals surface area contributed by atoms with Gasteiger partial charge in [-0.1, -0.05) is 25.1 Å². The Kier molecular flexibility index (Phi) is 4.92. The fraction of sp³-hybridized carbons (Fsp3) is 0.320. The van der Waals surface area contributed by atoms with Crippen LogP contribution in [0.5, 0.6) is 0 Å². The van der Waals surface area contributed by atoms with Gasteiger partial charge in [0.05, 0.1) is 22.7 Å². The zero-order valence-corrected chi connectivity index (χ0v) is 19.2. The van der Waals surface area contributed by atoms with Crippen molar-refractivity contribution in [1.82, 2.24) is 25.4 Å². The minimum atomic E-state index is -0.384. The lowest BCUT2D eigenvalue weighted by Crippen LogP contribution is -2.33. The van der Waals surface area contributed by atoms with E-state index in [1.54, 1.807) is 11.3 Å². The normalized spacial score (nSPS) is 18.6. The number of aromatic amines is 1. The quantitative estimate of drug-likeness (QED) is 0.392. The van der Waals surface area contributed by atoms with Crippen LogP contribution in [0.4, 0.5) is 0 Å². The molecule has 2 aliphatic rings. The lowest BCUT2D eigenvalue weighted by Gasteiger charge is -2.30. The van der Waals surface area contributed by atoms with Crippen LogP contribution in [0.2, 0.25) is 0 Å². The Hall–Kier alpha value is -3.23.